The number of aliphatic imine (C=N–C) groups is 1. The van der Waals surface area contributed by atoms with Gasteiger partial charge in [0.05, 0.1) is 0 Å². The SMILES string of the molecule is CCCC(=NC#N)NC#N. The Kier molecular flexibility index (Phi) is 4.72. The largest absolute Gasteiger partial charge is 0.280 e. The Morgan fingerprint density at radius 3 is 2.70 bits per heavy atom. The summed E-state index contributed by atoms with van der Waals surface area (Å²) >= 11 is 0. The number of hydrogen-bond donors (Lipinski definition) is 1. The summed E-state index contributed by atoms with van der Waals surface area (Å²) in [6.07, 6.45) is 4.83. The van der Waals surface area contributed by atoms with Crippen LogP contribution in [0.5, 0.6) is 0 Å². The molecule has 0 fully saturated rings. The van der Waals surface area contributed by atoms with Crippen molar-refractivity contribution in [3.8, 4) is 12.4 Å². The quantitative estimate of drug-likeness (QED) is 0.263. The van der Waals surface area contributed by atoms with Gasteiger partial charge in [0.15, 0.2) is 6.19 Å². The first-order valence-corrected chi connectivity index (χ1v) is 2.96. The fourth-order valence-electron chi connectivity index (χ4n) is 0.508. The maximum atomic E-state index is 8.14. The number of hydrogen-bond acceptors (Lipinski definition) is 3. The molecule has 0 aliphatic heterocycles. The third-order valence-electron chi connectivity index (χ3n) is 0.872. The minimum atomic E-state index is 0.438. The zero-order valence-corrected chi connectivity index (χ0v) is 5.76. The first-order chi connectivity index (χ1) is 4.85. The molecule has 1 N–H and O–H groups in total. The molecule has 0 heterocycles. The van der Waals surface area contributed by atoms with Gasteiger partial charge in [-0.1, -0.05) is 6.92 Å². The number of amidine groups is 1. The third kappa shape index (κ3) is 3.45. The molecule has 0 saturated heterocycles. The molecule has 0 aliphatic rings. The highest BCUT2D eigenvalue weighted by Crippen LogP contribution is 1.87. The van der Waals surface area contributed by atoms with Crippen molar-refractivity contribution in [1.29, 1.82) is 10.5 Å². The number of nitriles is 2. The molecule has 0 amide bonds. The summed E-state index contributed by atoms with van der Waals surface area (Å²) in [7, 11) is 0. The average Bonchev–Trinajstić information content (AvgIpc) is 1.90. The van der Waals surface area contributed by atoms with Crippen molar-refractivity contribution in [2.75, 3.05) is 0 Å². The molecule has 0 radical (unpaired) electrons. The predicted octanol–water partition coefficient (Wildman–Crippen LogP) is 0.737. The van der Waals surface area contributed by atoms with Crippen LogP contribution in [0.25, 0.3) is 0 Å². The standard InChI is InChI=1S/C6H8N4/c1-2-3-6(9-4-7)10-5-8/h2-3H2,1H3,(H,9,10). The van der Waals surface area contributed by atoms with Crippen LogP contribution in [-0.4, -0.2) is 5.84 Å². The molecule has 0 spiro atoms. The molecule has 4 heteroatoms. The smallest absolute Gasteiger partial charge is 0.207 e. The summed E-state index contributed by atoms with van der Waals surface area (Å²) < 4.78 is 0. The molecule has 4 nitrogen and oxygen atoms in total. The zero-order valence-electron chi connectivity index (χ0n) is 5.76. The van der Waals surface area contributed by atoms with Crippen molar-refractivity contribution in [2.24, 2.45) is 4.99 Å². The molecular weight excluding hydrogens is 128 g/mol. The van der Waals surface area contributed by atoms with E-state index in [2.05, 4.69) is 10.3 Å². The molecule has 0 saturated carbocycles. The van der Waals surface area contributed by atoms with Gasteiger partial charge in [0.1, 0.15) is 5.84 Å². The molecule has 0 aliphatic carbocycles. The van der Waals surface area contributed by atoms with Crippen molar-refractivity contribution in [3.05, 3.63) is 0 Å². The summed E-state index contributed by atoms with van der Waals surface area (Å²) in [6, 6.07) is 0. The lowest BCUT2D eigenvalue weighted by molar-refractivity contribution is 0.961. The minimum Gasteiger partial charge on any atom is -0.280 e. The van der Waals surface area contributed by atoms with E-state index in [1.54, 1.807) is 12.4 Å². The molecule has 52 valence electrons. The van der Waals surface area contributed by atoms with Gasteiger partial charge >= 0.3 is 0 Å². The Morgan fingerprint density at radius 1 is 1.60 bits per heavy atom. The van der Waals surface area contributed by atoms with Crippen LogP contribution < -0.4 is 5.32 Å². The lowest BCUT2D eigenvalue weighted by Gasteiger charge is -1.95. The van der Waals surface area contributed by atoms with Gasteiger partial charge in [-0.2, -0.15) is 15.5 Å². The van der Waals surface area contributed by atoms with Gasteiger partial charge in [-0.15, -0.1) is 0 Å². The van der Waals surface area contributed by atoms with Crippen LogP contribution >= 0.6 is 0 Å². The minimum absolute atomic E-state index is 0.438. The summed E-state index contributed by atoms with van der Waals surface area (Å²) in [5.41, 5.74) is 0. The van der Waals surface area contributed by atoms with Gasteiger partial charge in [-0.3, -0.25) is 5.32 Å². The lowest BCUT2D eigenvalue weighted by Crippen LogP contribution is -2.16. The van der Waals surface area contributed by atoms with E-state index in [0.29, 0.717) is 12.3 Å². The van der Waals surface area contributed by atoms with Gasteiger partial charge in [0.25, 0.3) is 0 Å². The molecule has 0 aromatic heterocycles. The average molecular weight is 136 g/mol. The number of nitrogens with zero attached hydrogens (tertiary/aromatic N) is 3. The molecule has 0 aromatic rings. The van der Waals surface area contributed by atoms with Gasteiger partial charge in [0.2, 0.25) is 6.19 Å². The van der Waals surface area contributed by atoms with E-state index in [4.69, 9.17) is 10.5 Å². The maximum absolute atomic E-state index is 8.14. The topological polar surface area (TPSA) is 72.0 Å². The summed E-state index contributed by atoms with van der Waals surface area (Å²) in [5.74, 6) is 0.438. The molecule has 0 unspecified atom stereocenters. The highest BCUT2D eigenvalue weighted by Gasteiger charge is 1.93. The van der Waals surface area contributed by atoms with Crippen LogP contribution in [0.2, 0.25) is 0 Å². The normalized spacial score (nSPS) is 9.70. The second-order valence-electron chi connectivity index (χ2n) is 1.65. The Labute approximate surface area is 59.8 Å². The summed E-state index contributed by atoms with van der Waals surface area (Å²) in [6.45, 7) is 1.95. The monoisotopic (exact) mass is 136 g/mol. The van der Waals surface area contributed by atoms with Gasteiger partial charge in [0, 0.05) is 6.42 Å². The maximum Gasteiger partial charge on any atom is 0.207 e. The fourth-order valence-corrected chi connectivity index (χ4v) is 0.508. The zero-order chi connectivity index (χ0) is 7.82. The van der Waals surface area contributed by atoms with Crippen LogP contribution in [0.4, 0.5) is 0 Å². The van der Waals surface area contributed by atoms with Gasteiger partial charge in [-0.05, 0) is 6.42 Å². The van der Waals surface area contributed by atoms with E-state index >= 15 is 0 Å². The van der Waals surface area contributed by atoms with E-state index in [9.17, 15) is 0 Å². The highest BCUT2D eigenvalue weighted by molar-refractivity contribution is 5.84. The number of nitrogens with one attached hydrogen (secondary N) is 1. The van der Waals surface area contributed by atoms with E-state index in [0.717, 1.165) is 6.42 Å². The molecule has 0 aromatic carbocycles. The molecular formula is C6H8N4. The van der Waals surface area contributed by atoms with Crippen LogP contribution in [0.1, 0.15) is 19.8 Å². The van der Waals surface area contributed by atoms with E-state index in [-0.39, 0.29) is 0 Å². The lowest BCUT2D eigenvalue weighted by atomic mass is 10.3. The molecule has 0 atom stereocenters. The van der Waals surface area contributed by atoms with Crippen molar-refractivity contribution in [2.45, 2.75) is 19.8 Å². The summed E-state index contributed by atoms with van der Waals surface area (Å²) in [5, 5.41) is 18.6. The second-order valence-corrected chi connectivity index (χ2v) is 1.65. The molecule has 0 bridgehead atoms. The van der Waals surface area contributed by atoms with E-state index in [1.165, 1.54) is 0 Å². The van der Waals surface area contributed by atoms with Crippen LogP contribution in [-0.2, 0) is 0 Å². The first-order valence-electron chi connectivity index (χ1n) is 2.96. The second kappa shape index (κ2) is 5.58. The third-order valence-corrected chi connectivity index (χ3v) is 0.872. The van der Waals surface area contributed by atoms with Crippen molar-refractivity contribution >= 4 is 5.84 Å². The summed E-state index contributed by atoms with van der Waals surface area (Å²) in [4.78, 5) is 3.39. The molecule has 0 rings (SSSR count). The van der Waals surface area contributed by atoms with Gasteiger partial charge < -0.3 is 0 Å². The van der Waals surface area contributed by atoms with Crippen LogP contribution in [0.15, 0.2) is 4.99 Å². The Hall–Kier alpha value is -1.55. The highest BCUT2D eigenvalue weighted by atomic mass is 15.0. The van der Waals surface area contributed by atoms with Crippen LogP contribution in [0.3, 0.4) is 0 Å². The first kappa shape index (κ1) is 8.45. The Bertz CT molecular complexity index is 193. The number of rotatable bonds is 2. The van der Waals surface area contributed by atoms with E-state index < -0.39 is 0 Å². The Morgan fingerprint density at radius 2 is 2.30 bits per heavy atom. The van der Waals surface area contributed by atoms with Crippen LogP contribution in [0, 0.1) is 22.9 Å². The van der Waals surface area contributed by atoms with Crippen molar-refractivity contribution in [3.63, 3.8) is 0 Å². The Balaban J connectivity index is 3.90. The van der Waals surface area contributed by atoms with Gasteiger partial charge in [-0.25, -0.2) is 0 Å². The van der Waals surface area contributed by atoms with Crippen molar-refractivity contribution < 1.29 is 0 Å². The fraction of sp³-hybridized carbons (Fsp3) is 0.500. The molecule has 10 heavy (non-hydrogen) atoms. The van der Waals surface area contributed by atoms with E-state index in [1.807, 2.05) is 6.92 Å². The van der Waals surface area contributed by atoms with Crippen molar-refractivity contribution in [1.82, 2.24) is 5.32 Å². The predicted molar refractivity (Wildman–Crippen MR) is 36.7 cm³/mol.